The number of carbonyl (C=O) groups is 2. The zero-order valence-electron chi connectivity index (χ0n) is 36.9. The Kier molecular flexibility index (Phi) is 9.96. The molecule has 2 aliphatic heterocycles. The number of carbonyl (C=O) groups excluding carboxylic acids is 2. The number of rotatable bonds is 2. The Labute approximate surface area is 406 Å². The largest absolute Gasteiger partial charge is 0.482 e. The molecule has 2 fully saturated rings. The molecule has 8 nitrogen and oxygen atoms in total. The number of benzene rings is 2. The molecule has 2 aromatic heterocycles. The van der Waals surface area contributed by atoms with Crippen LogP contribution in [-0.2, 0) is 20.7 Å². The monoisotopic (exact) mass is 966 g/mol. The molecule has 2 atom stereocenters. The van der Waals surface area contributed by atoms with Gasteiger partial charge in [-0.25, -0.2) is 17.6 Å². The lowest BCUT2D eigenvalue weighted by Crippen LogP contribution is -2.37. The molecule has 2 saturated carbocycles. The third-order valence-corrected chi connectivity index (χ3v) is 17.2. The van der Waals surface area contributed by atoms with Gasteiger partial charge in [-0.15, -0.1) is 22.7 Å². The Morgan fingerprint density at radius 1 is 0.529 bits per heavy atom. The molecule has 0 radical (unpaired) electrons. The highest BCUT2D eigenvalue weighted by molar-refractivity contribution is 7.14. The number of halogens is 4. The van der Waals surface area contributed by atoms with E-state index in [0.717, 1.165) is 132 Å². The zero-order chi connectivity index (χ0) is 48.4. The van der Waals surface area contributed by atoms with Crippen molar-refractivity contribution in [2.45, 2.75) is 75.4 Å². The van der Waals surface area contributed by atoms with Crippen molar-refractivity contribution >= 4 is 68.7 Å². The summed E-state index contributed by atoms with van der Waals surface area (Å²) in [6.45, 7) is 0. The van der Waals surface area contributed by atoms with E-state index >= 15 is 0 Å². The van der Waals surface area contributed by atoms with Crippen LogP contribution in [-0.4, -0.2) is 11.6 Å². The van der Waals surface area contributed by atoms with Crippen molar-refractivity contribution < 1.29 is 36.6 Å². The number of nitrogens with zero attached hydrogens (tertiary/aromatic N) is 4. The molecule has 70 heavy (non-hydrogen) atoms. The highest BCUT2D eigenvalue weighted by atomic mass is 32.1. The summed E-state index contributed by atoms with van der Waals surface area (Å²) in [5, 5.41) is 39.7. The highest BCUT2D eigenvalue weighted by Crippen LogP contribution is 2.59. The molecule has 342 valence electrons. The summed E-state index contributed by atoms with van der Waals surface area (Å²) in [7, 11) is 0. The first-order chi connectivity index (χ1) is 33.9. The van der Waals surface area contributed by atoms with Gasteiger partial charge in [0, 0.05) is 87.0 Å². The lowest BCUT2D eigenvalue weighted by atomic mass is 9.72. The summed E-state index contributed by atoms with van der Waals surface area (Å²) in [5.41, 5.74) is 1.34. The van der Waals surface area contributed by atoms with Gasteiger partial charge in [0.25, 0.3) is 0 Å². The van der Waals surface area contributed by atoms with Gasteiger partial charge >= 0.3 is 0 Å². The van der Waals surface area contributed by atoms with Gasteiger partial charge in [0.15, 0.2) is 34.8 Å². The van der Waals surface area contributed by atoms with Gasteiger partial charge in [-0.05, 0) is 123 Å². The van der Waals surface area contributed by atoms with Crippen molar-refractivity contribution in [2.24, 2.45) is 11.8 Å². The van der Waals surface area contributed by atoms with Crippen molar-refractivity contribution in [3.05, 3.63) is 171 Å². The van der Waals surface area contributed by atoms with Gasteiger partial charge in [-0.2, -0.15) is 21.0 Å². The van der Waals surface area contributed by atoms with E-state index < -0.39 is 46.0 Å². The van der Waals surface area contributed by atoms with E-state index in [1.165, 1.54) is 22.7 Å². The topological polar surface area (TPSA) is 148 Å². The van der Waals surface area contributed by atoms with Crippen LogP contribution in [0.15, 0.2) is 94.5 Å². The standard InChI is InChI=1S/C56H34F4N4O4S2/c57-43-19-33-35(21-45(43)59)51(65)39(49(33)29(23-61)24-62)15-31-17-41-53(69-31)37-11-28-14-48-38(12-27(28)13-47(37)67-55(41)7-3-1-4-8-55)54-42(56(68-48)9-5-2-6-10-56)18-32(70-54)16-40-50(30(25-63)26-64)34-20-44(58)46(60)22-36(34)52(40)66/h11-22,27-28H,1-10H2/b39-15-,40-16-. The maximum absolute atomic E-state index is 14.6. The third-order valence-electron chi connectivity index (χ3n) is 15.0. The summed E-state index contributed by atoms with van der Waals surface area (Å²) in [6, 6.07) is 14.7. The number of ketones is 2. The van der Waals surface area contributed by atoms with Crippen LogP contribution in [0.1, 0.15) is 127 Å². The predicted octanol–water partition coefficient (Wildman–Crippen LogP) is 13.4. The van der Waals surface area contributed by atoms with Crippen LogP contribution in [0.5, 0.6) is 0 Å². The Hall–Kier alpha value is -7.62. The maximum atomic E-state index is 14.6. The number of hydrogen-bond donors (Lipinski definition) is 0. The summed E-state index contributed by atoms with van der Waals surface area (Å²) in [4.78, 5) is 31.1. The molecule has 2 unspecified atom stereocenters. The molecular formula is C56H34F4N4O4S2. The van der Waals surface area contributed by atoms with E-state index in [9.17, 15) is 48.2 Å². The summed E-state index contributed by atoms with van der Waals surface area (Å²) >= 11 is 2.91. The quantitative estimate of drug-likeness (QED) is 0.110. The zero-order valence-corrected chi connectivity index (χ0v) is 38.5. The average Bonchev–Trinajstić information content (AvgIpc) is 4.12. The van der Waals surface area contributed by atoms with E-state index in [4.69, 9.17) is 9.47 Å². The summed E-state index contributed by atoms with van der Waals surface area (Å²) in [5.74, 6) is -4.88. The van der Waals surface area contributed by atoms with E-state index in [2.05, 4.69) is 24.3 Å². The van der Waals surface area contributed by atoms with Gasteiger partial charge in [0.1, 0.15) is 58.1 Å². The molecule has 12 rings (SSSR count). The number of thiophene rings is 2. The molecular weight excluding hydrogens is 933 g/mol. The second-order valence-corrected chi connectivity index (χ2v) is 21.0. The minimum absolute atomic E-state index is 0.00452. The Balaban J connectivity index is 0.960. The van der Waals surface area contributed by atoms with Crippen LogP contribution < -0.4 is 0 Å². The lowest BCUT2D eigenvalue weighted by molar-refractivity contribution is -0.0339. The molecule has 0 saturated heterocycles. The second-order valence-electron chi connectivity index (χ2n) is 18.8. The van der Waals surface area contributed by atoms with E-state index in [1.807, 2.05) is 36.4 Å². The number of ether oxygens (including phenoxy) is 2. The molecule has 2 spiro atoms. The number of nitriles is 4. The predicted molar refractivity (Wildman–Crippen MR) is 253 cm³/mol. The minimum atomic E-state index is -1.21. The van der Waals surface area contributed by atoms with Gasteiger partial charge in [0.2, 0.25) is 0 Å². The molecule has 0 N–H and O–H groups in total. The SMILES string of the molecule is N#CC(C#N)=C1/C(=C/c2cc3c(s2)C2=CC4C=C5OC6(CCCCC6)c6cc(/C=C7\C(=O)c8cc(F)c(F)cc8C7=C(C#N)C#N)sc6C5=CC4C=C2OC32CCCCC2)C(=O)c2cc(F)c(F)cc21. The van der Waals surface area contributed by atoms with Gasteiger partial charge in [-0.3, -0.25) is 9.59 Å². The number of allylic oxidation sites excluding steroid dienone is 12. The van der Waals surface area contributed by atoms with Crippen LogP contribution in [0, 0.1) is 80.4 Å². The molecule has 4 heterocycles. The molecule has 0 bridgehead atoms. The fraction of sp³-hybridized carbons (Fsp3) is 0.250. The van der Waals surface area contributed by atoms with Crippen LogP contribution in [0.4, 0.5) is 17.6 Å². The van der Waals surface area contributed by atoms with Crippen molar-refractivity contribution in [2.75, 3.05) is 0 Å². The lowest BCUT2D eigenvalue weighted by Gasteiger charge is -2.46. The second kappa shape index (κ2) is 16.0. The molecule has 0 amide bonds. The van der Waals surface area contributed by atoms with Gasteiger partial charge < -0.3 is 9.47 Å². The number of hydrogen-bond acceptors (Lipinski definition) is 10. The first kappa shape index (κ1) is 43.6. The van der Waals surface area contributed by atoms with Crippen molar-refractivity contribution in [3.63, 3.8) is 0 Å². The summed E-state index contributed by atoms with van der Waals surface area (Å²) < 4.78 is 72.5. The first-order valence-corrected chi connectivity index (χ1v) is 24.7. The highest BCUT2D eigenvalue weighted by Gasteiger charge is 2.49. The van der Waals surface area contributed by atoms with E-state index in [0.29, 0.717) is 9.75 Å². The van der Waals surface area contributed by atoms with Crippen molar-refractivity contribution in [3.8, 4) is 24.3 Å². The van der Waals surface area contributed by atoms with Gasteiger partial charge in [-0.1, -0.05) is 25.0 Å². The Morgan fingerprint density at radius 3 is 1.24 bits per heavy atom. The fourth-order valence-corrected chi connectivity index (χ4v) is 14.2. The maximum Gasteiger partial charge on any atom is 0.194 e. The molecule has 4 aromatic rings. The Morgan fingerprint density at radius 2 is 0.886 bits per heavy atom. The molecule has 8 aliphatic rings. The van der Waals surface area contributed by atoms with Crippen LogP contribution in [0.3, 0.4) is 0 Å². The van der Waals surface area contributed by atoms with Crippen LogP contribution in [0.2, 0.25) is 0 Å². The van der Waals surface area contributed by atoms with E-state index in [1.54, 1.807) is 12.2 Å². The fourth-order valence-electron chi connectivity index (χ4n) is 11.8. The van der Waals surface area contributed by atoms with Crippen molar-refractivity contribution in [1.29, 1.82) is 21.0 Å². The molecule has 2 aromatic carbocycles. The van der Waals surface area contributed by atoms with Crippen LogP contribution in [0.25, 0.3) is 34.4 Å². The minimum Gasteiger partial charge on any atom is -0.482 e. The number of Topliss-reactive ketones (excluding diaryl/α,β-unsaturated/α-hetero) is 2. The smallest absolute Gasteiger partial charge is 0.194 e. The Bertz CT molecular complexity index is 3340. The molecule has 6 aliphatic carbocycles. The van der Waals surface area contributed by atoms with Gasteiger partial charge in [0.05, 0.1) is 0 Å². The van der Waals surface area contributed by atoms with E-state index in [-0.39, 0.29) is 67.5 Å². The average molecular weight is 967 g/mol. The molecule has 14 heteroatoms. The number of fused-ring (bicyclic) bond motifs is 11. The normalized spacial score (nSPS) is 22.8. The third kappa shape index (κ3) is 6.40. The van der Waals surface area contributed by atoms with Crippen LogP contribution >= 0.6 is 22.7 Å². The first-order valence-electron chi connectivity index (χ1n) is 23.0. The van der Waals surface area contributed by atoms with Crippen molar-refractivity contribution in [1.82, 2.24) is 0 Å². The summed E-state index contributed by atoms with van der Waals surface area (Å²) in [6.07, 6.45) is 20.8.